The number of rotatable bonds is 4. The van der Waals surface area contributed by atoms with Crippen LogP contribution >= 0.6 is 22.7 Å². The van der Waals surface area contributed by atoms with Crippen LogP contribution in [-0.2, 0) is 0 Å². The Morgan fingerprint density at radius 3 is 2.27 bits per heavy atom. The first kappa shape index (κ1) is 16.6. The Morgan fingerprint density at radius 2 is 1.58 bits per heavy atom. The molecule has 0 bridgehead atoms. The molecule has 0 unspecified atom stereocenters. The van der Waals surface area contributed by atoms with E-state index in [1.807, 2.05) is 73.0 Å². The molecular weight excluding hydrogens is 362 g/mol. The molecule has 4 nitrogen and oxygen atoms in total. The van der Waals surface area contributed by atoms with E-state index in [1.165, 1.54) is 22.7 Å². The Bertz CT molecular complexity index is 1040. The summed E-state index contributed by atoms with van der Waals surface area (Å²) in [4.78, 5) is 22.3. The van der Waals surface area contributed by atoms with Crippen LogP contribution in [0.2, 0.25) is 0 Å². The van der Waals surface area contributed by atoms with Crippen molar-refractivity contribution >= 4 is 33.7 Å². The molecular formula is C20H15N3OS2. The standard InChI is InChI=1S/C20H15N3OS2/c1-13-17(26-19(21-13)15-10-6-3-7-11-15)18(24)23-20-22-16(12-25-20)14-8-4-2-5-9-14/h2-12H,1H3,(H,22,23,24). The molecule has 0 aliphatic carbocycles. The van der Waals surface area contributed by atoms with Crippen molar-refractivity contribution < 1.29 is 4.79 Å². The zero-order chi connectivity index (χ0) is 17.9. The first-order valence-corrected chi connectivity index (χ1v) is 9.75. The smallest absolute Gasteiger partial charge is 0.269 e. The maximum atomic E-state index is 12.7. The first-order chi connectivity index (χ1) is 12.7. The van der Waals surface area contributed by atoms with Crippen molar-refractivity contribution in [1.82, 2.24) is 9.97 Å². The summed E-state index contributed by atoms with van der Waals surface area (Å²) < 4.78 is 0. The lowest BCUT2D eigenvalue weighted by molar-refractivity contribution is 0.103. The van der Waals surface area contributed by atoms with E-state index in [1.54, 1.807) is 0 Å². The van der Waals surface area contributed by atoms with E-state index in [0.717, 1.165) is 27.5 Å². The lowest BCUT2D eigenvalue weighted by Gasteiger charge is -1.99. The normalized spacial score (nSPS) is 10.7. The van der Waals surface area contributed by atoms with Gasteiger partial charge in [-0.3, -0.25) is 10.1 Å². The largest absolute Gasteiger partial charge is 0.297 e. The van der Waals surface area contributed by atoms with Crippen LogP contribution in [0.25, 0.3) is 21.8 Å². The minimum atomic E-state index is -0.170. The number of hydrogen-bond donors (Lipinski definition) is 1. The predicted molar refractivity (Wildman–Crippen MR) is 108 cm³/mol. The van der Waals surface area contributed by atoms with E-state index in [2.05, 4.69) is 15.3 Å². The lowest BCUT2D eigenvalue weighted by atomic mass is 10.2. The van der Waals surface area contributed by atoms with Crippen LogP contribution < -0.4 is 5.32 Å². The van der Waals surface area contributed by atoms with Gasteiger partial charge in [0.05, 0.1) is 11.4 Å². The Morgan fingerprint density at radius 1 is 0.923 bits per heavy atom. The summed E-state index contributed by atoms with van der Waals surface area (Å²) in [6.07, 6.45) is 0. The van der Waals surface area contributed by atoms with E-state index in [9.17, 15) is 4.79 Å². The zero-order valence-corrected chi connectivity index (χ0v) is 15.6. The van der Waals surface area contributed by atoms with Crippen molar-refractivity contribution in [2.75, 3.05) is 5.32 Å². The van der Waals surface area contributed by atoms with Crippen LogP contribution in [0.3, 0.4) is 0 Å². The Labute approximate surface area is 159 Å². The number of benzene rings is 2. The monoisotopic (exact) mass is 377 g/mol. The molecule has 2 heterocycles. The molecule has 0 radical (unpaired) electrons. The summed E-state index contributed by atoms with van der Waals surface area (Å²) in [5.74, 6) is -0.170. The van der Waals surface area contributed by atoms with Crippen molar-refractivity contribution in [1.29, 1.82) is 0 Å². The molecule has 26 heavy (non-hydrogen) atoms. The van der Waals surface area contributed by atoms with Gasteiger partial charge in [0.2, 0.25) is 0 Å². The second-order valence-corrected chi connectivity index (χ2v) is 7.51. The molecule has 0 fully saturated rings. The SMILES string of the molecule is Cc1nc(-c2ccccc2)sc1C(=O)Nc1nc(-c2ccccc2)cs1. The second kappa shape index (κ2) is 7.19. The highest BCUT2D eigenvalue weighted by molar-refractivity contribution is 7.17. The van der Waals surface area contributed by atoms with Gasteiger partial charge in [0.1, 0.15) is 9.88 Å². The molecule has 1 N–H and O–H groups in total. The quantitative estimate of drug-likeness (QED) is 0.511. The highest BCUT2D eigenvalue weighted by Crippen LogP contribution is 2.29. The third-order valence-corrected chi connectivity index (χ3v) is 5.78. The number of nitrogens with zero attached hydrogens (tertiary/aromatic N) is 2. The average molecular weight is 377 g/mol. The van der Waals surface area contributed by atoms with Gasteiger partial charge in [0.25, 0.3) is 5.91 Å². The minimum Gasteiger partial charge on any atom is -0.297 e. The van der Waals surface area contributed by atoms with Gasteiger partial charge < -0.3 is 0 Å². The molecule has 6 heteroatoms. The molecule has 1 amide bonds. The van der Waals surface area contributed by atoms with Gasteiger partial charge in [0.15, 0.2) is 5.13 Å². The van der Waals surface area contributed by atoms with E-state index in [4.69, 9.17) is 0 Å². The first-order valence-electron chi connectivity index (χ1n) is 8.06. The highest BCUT2D eigenvalue weighted by atomic mass is 32.1. The van der Waals surface area contributed by atoms with Crippen LogP contribution in [0.5, 0.6) is 0 Å². The van der Waals surface area contributed by atoms with Crippen molar-refractivity contribution in [2.45, 2.75) is 6.92 Å². The van der Waals surface area contributed by atoms with E-state index in [-0.39, 0.29) is 5.91 Å². The van der Waals surface area contributed by atoms with E-state index >= 15 is 0 Å². The summed E-state index contributed by atoms with van der Waals surface area (Å²) in [7, 11) is 0. The number of amides is 1. The van der Waals surface area contributed by atoms with Crippen molar-refractivity contribution in [2.24, 2.45) is 0 Å². The minimum absolute atomic E-state index is 0.170. The van der Waals surface area contributed by atoms with Gasteiger partial charge in [-0.25, -0.2) is 9.97 Å². The Kier molecular flexibility index (Phi) is 4.60. The number of nitrogens with one attached hydrogen (secondary N) is 1. The number of carbonyl (C=O) groups excluding carboxylic acids is 1. The molecule has 0 atom stereocenters. The summed E-state index contributed by atoms with van der Waals surface area (Å²) >= 11 is 2.81. The molecule has 2 aromatic carbocycles. The van der Waals surface area contributed by atoms with Gasteiger partial charge >= 0.3 is 0 Å². The van der Waals surface area contributed by atoms with E-state index < -0.39 is 0 Å². The van der Waals surface area contributed by atoms with Crippen LogP contribution in [0, 0.1) is 6.92 Å². The third-order valence-electron chi connectivity index (χ3n) is 3.82. The van der Waals surface area contributed by atoms with Crippen molar-refractivity contribution in [3.63, 3.8) is 0 Å². The van der Waals surface area contributed by atoms with Gasteiger partial charge in [-0.05, 0) is 6.92 Å². The summed E-state index contributed by atoms with van der Waals surface area (Å²) in [5, 5.41) is 6.27. The maximum absolute atomic E-state index is 12.7. The maximum Gasteiger partial charge on any atom is 0.269 e. The summed E-state index contributed by atoms with van der Waals surface area (Å²) in [6.45, 7) is 1.86. The Balaban J connectivity index is 1.54. The molecule has 0 saturated heterocycles. The van der Waals surface area contributed by atoms with Gasteiger partial charge in [-0.15, -0.1) is 22.7 Å². The van der Waals surface area contributed by atoms with Crippen LogP contribution in [0.1, 0.15) is 15.4 Å². The number of aryl methyl sites for hydroxylation is 1. The summed E-state index contributed by atoms with van der Waals surface area (Å²) in [5.41, 5.74) is 3.63. The number of thiazole rings is 2. The number of carbonyl (C=O) groups is 1. The molecule has 4 aromatic rings. The molecule has 4 rings (SSSR count). The number of aromatic nitrogens is 2. The highest BCUT2D eigenvalue weighted by Gasteiger charge is 2.17. The fourth-order valence-corrected chi connectivity index (χ4v) is 4.22. The van der Waals surface area contributed by atoms with Crippen LogP contribution in [0.4, 0.5) is 5.13 Å². The fourth-order valence-electron chi connectivity index (χ4n) is 2.54. The molecule has 0 saturated carbocycles. The fraction of sp³-hybridized carbons (Fsp3) is 0.0500. The molecule has 0 aliphatic rings. The number of hydrogen-bond acceptors (Lipinski definition) is 5. The lowest BCUT2D eigenvalue weighted by Crippen LogP contribution is -2.11. The van der Waals surface area contributed by atoms with Crippen molar-refractivity contribution in [3.05, 3.63) is 76.6 Å². The number of anilines is 1. The Hall–Kier alpha value is -2.83. The third kappa shape index (κ3) is 3.42. The van der Waals surface area contributed by atoms with E-state index in [0.29, 0.717) is 10.0 Å². The second-order valence-electron chi connectivity index (χ2n) is 5.66. The zero-order valence-electron chi connectivity index (χ0n) is 14.0. The molecule has 128 valence electrons. The van der Waals surface area contributed by atoms with Gasteiger partial charge in [-0.1, -0.05) is 60.7 Å². The average Bonchev–Trinajstić information content (AvgIpc) is 3.30. The van der Waals surface area contributed by atoms with Gasteiger partial charge in [-0.2, -0.15) is 0 Å². The molecule has 0 spiro atoms. The summed E-state index contributed by atoms with van der Waals surface area (Å²) in [6, 6.07) is 19.8. The van der Waals surface area contributed by atoms with Crippen LogP contribution in [-0.4, -0.2) is 15.9 Å². The predicted octanol–water partition coefficient (Wildman–Crippen LogP) is 5.49. The van der Waals surface area contributed by atoms with Crippen molar-refractivity contribution in [3.8, 4) is 21.8 Å². The topological polar surface area (TPSA) is 54.9 Å². The molecule has 2 aromatic heterocycles. The molecule has 0 aliphatic heterocycles. The van der Waals surface area contributed by atoms with Crippen LogP contribution in [0.15, 0.2) is 66.0 Å². The van der Waals surface area contributed by atoms with Gasteiger partial charge in [0, 0.05) is 16.5 Å².